The van der Waals surface area contributed by atoms with Crippen LogP contribution in [0, 0.1) is 0 Å². The molecule has 0 aliphatic heterocycles. The Labute approximate surface area is 98.5 Å². The van der Waals surface area contributed by atoms with Crippen LogP contribution in [0.2, 0.25) is 0 Å². The number of carbonyl (C=O) groups excluding carboxylic acids is 1. The molecule has 0 aromatic rings. The molecule has 0 aliphatic rings. The van der Waals surface area contributed by atoms with Gasteiger partial charge < -0.3 is 9.84 Å². The zero-order chi connectivity index (χ0) is 12.1. The molecular weight excluding hydrogens is 204 g/mol. The third kappa shape index (κ3) is 11.2. The normalized spacial score (nSPS) is 10.9. The van der Waals surface area contributed by atoms with Crippen molar-refractivity contribution in [1.29, 1.82) is 0 Å². The Hall–Kier alpha value is -0.830. The van der Waals surface area contributed by atoms with Crippen molar-refractivity contribution in [3.8, 4) is 0 Å². The second kappa shape index (κ2) is 12.2. The Morgan fingerprint density at radius 3 is 2.38 bits per heavy atom. The maximum absolute atomic E-state index is 11.0. The van der Waals surface area contributed by atoms with Gasteiger partial charge >= 0.3 is 5.97 Å². The van der Waals surface area contributed by atoms with Crippen LogP contribution in [0.3, 0.4) is 0 Å². The molecule has 3 nitrogen and oxygen atoms in total. The SMILES string of the molecule is CCC=CC(=O)OCCCCCCCCO. The van der Waals surface area contributed by atoms with Crippen LogP contribution >= 0.6 is 0 Å². The highest BCUT2D eigenvalue weighted by atomic mass is 16.5. The van der Waals surface area contributed by atoms with Crippen molar-refractivity contribution >= 4 is 5.97 Å². The number of esters is 1. The van der Waals surface area contributed by atoms with E-state index in [4.69, 9.17) is 9.84 Å². The van der Waals surface area contributed by atoms with Gasteiger partial charge in [0.15, 0.2) is 0 Å². The smallest absolute Gasteiger partial charge is 0.330 e. The number of ether oxygens (including phenoxy) is 1. The Balaban J connectivity index is 3.14. The van der Waals surface area contributed by atoms with Crippen LogP contribution in [0.5, 0.6) is 0 Å². The van der Waals surface area contributed by atoms with Crippen molar-refractivity contribution in [3.63, 3.8) is 0 Å². The first-order valence-electron chi connectivity index (χ1n) is 6.25. The first-order chi connectivity index (χ1) is 7.81. The third-order valence-corrected chi connectivity index (χ3v) is 2.29. The summed E-state index contributed by atoms with van der Waals surface area (Å²) in [5.74, 6) is -0.234. The molecule has 0 aliphatic carbocycles. The van der Waals surface area contributed by atoms with Gasteiger partial charge in [-0.05, 0) is 19.3 Å². The van der Waals surface area contributed by atoms with Crippen molar-refractivity contribution in [2.24, 2.45) is 0 Å². The minimum absolute atomic E-state index is 0.234. The molecule has 0 radical (unpaired) electrons. The van der Waals surface area contributed by atoms with Gasteiger partial charge in [0.25, 0.3) is 0 Å². The first kappa shape index (κ1) is 15.2. The Bertz CT molecular complexity index is 188. The van der Waals surface area contributed by atoms with Crippen molar-refractivity contribution in [2.45, 2.75) is 51.9 Å². The molecule has 0 saturated heterocycles. The summed E-state index contributed by atoms with van der Waals surface area (Å²) in [6.45, 7) is 2.80. The maximum Gasteiger partial charge on any atom is 0.330 e. The summed E-state index contributed by atoms with van der Waals surface area (Å²) in [5, 5.41) is 8.58. The molecule has 0 heterocycles. The van der Waals surface area contributed by atoms with Crippen LogP contribution in [0.15, 0.2) is 12.2 Å². The lowest BCUT2D eigenvalue weighted by molar-refractivity contribution is -0.137. The van der Waals surface area contributed by atoms with Crippen molar-refractivity contribution < 1.29 is 14.6 Å². The van der Waals surface area contributed by atoms with Gasteiger partial charge in [-0.1, -0.05) is 38.7 Å². The monoisotopic (exact) mass is 228 g/mol. The number of aliphatic hydroxyl groups is 1. The summed E-state index contributed by atoms with van der Waals surface area (Å²) >= 11 is 0. The molecule has 0 atom stereocenters. The molecule has 16 heavy (non-hydrogen) atoms. The van der Waals surface area contributed by atoms with Crippen LogP contribution in [0.4, 0.5) is 0 Å². The molecule has 0 saturated carbocycles. The quantitative estimate of drug-likeness (QED) is 0.355. The van der Waals surface area contributed by atoms with E-state index in [1.807, 2.05) is 6.92 Å². The molecule has 0 rings (SSSR count). The Kier molecular flexibility index (Phi) is 11.6. The van der Waals surface area contributed by atoms with E-state index < -0.39 is 0 Å². The highest BCUT2D eigenvalue weighted by Gasteiger charge is 1.96. The highest BCUT2D eigenvalue weighted by molar-refractivity contribution is 5.81. The number of unbranched alkanes of at least 4 members (excludes halogenated alkanes) is 5. The molecule has 0 aromatic carbocycles. The lowest BCUT2D eigenvalue weighted by atomic mass is 10.1. The highest BCUT2D eigenvalue weighted by Crippen LogP contribution is 2.05. The summed E-state index contributed by atoms with van der Waals surface area (Å²) in [6, 6.07) is 0. The summed E-state index contributed by atoms with van der Waals surface area (Å²) < 4.78 is 5.01. The van der Waals surface area contributed by atoms with Crippen LogP contribution < -0.4 is 0 Å². The maximum atomic E-state index is 11.0. The minimum Gasteiger partial charge on any atom is -0.463 e. The number of carbonyl (C=O) groups is 1. The molecule has 1 N–H and O–H groups in total. The molecule has 0 aromatic heterocycles. The molecule has 0 amide bonds. The average Bonchev–Trinajstić information content (AvgIpc) is 2.30. The van der Waals surface area contributed by atoms with Crippen LogP contribution in [0.1, 0.15) is 51.9 Å². The number of hydrogen-bond acceptors (Lipinski definition) is 3. The van der Waals surface area contributed by atoms with Gasteiger partial charge in [0.05, 0.1) is 6.61 Å². The standard InChI is InChI=1S/C13H24O3/c1-2-3-10-13(15)16-12-9-7-5-4-6-8-11-14/h3,10,14H,2,4-9,11-12H2,1H3. The van der Waals surface area contributed by atoms with E-state index in [1.165, 1.54) is 6.08 Å². The number of aliphatic hydroxyl groups excluding tert-OH is 1. The van der Waals surface area contributed by atoms with E-state index in [-0.39, 0.29) is 5.97 Å². The van der Waals surface area contributed by atoms with Gasteiger partial charge in [0.1, 0.15) is 0 Å². The molecule has 0 bridgehead atoms. The lowest BCUT2D eigenvalue weighted by Gasteiger charge is -2.02. The predicted molar refractivity (Wildman–Crippen MR) is 65.2 cm³/mol. The predicted octanol–water partition coefficient (Wildman–Crippen LogP) is 2.83. The lowest BCUT2D eigenvalue weighted by Crippen LogP contribution is -2.02. The molecule has 0 spiro atoms. The topological polar surface area (TPSA) is 46.5 Å². The first-order valence-corrected chi connectivity index (χ1v) is 6.25. The second-order valence-corrected chi connectivity index (χ2v) is 3.82. The van der Waals surface area contributed by atoms with Gasteiger partial charge in [0, 0.05) is 12.7 Å². The fraction of sp³-hybridized carbons (Fsp3) is 0.769. The van der Waals surface area contributed by atoms with E-state index in [0.29, 0.717) is 13.2 Å². The van der Waals surface area contributed by atoms with Gasteiger partial charge in [-0.3, -0.25) is 0 Å². The molecule has 0 unspecified atom stereocenters. The van der Waals surface area contributed by atoms with E-state index in [0.717, 1.165) is 44.9 Å². The summed E-state index contributed by atoms with van der Waals surface area (Å²) in [4.78, 5) is 11.0. The fourth-order valence-corrected chi connectivity index (χ4v) is 1.36. The van der Waals surface area contributed by atoms with E-state index in [2.05, 4.69) is 0 Å². The van der Waals surface area contributed by atoms with Crippen molar-refractivity contribution in [1.82, 2.24) is 0 Å². The zero-order valence-electron chi connectivity index (χ0n) is 10.3. The van der Waals surface area contributed by atoms with Gasteiger partial charge in [-0.25, -0.2) is 4.79 Å². The van der Waals surface area contributed by atoms with Crippen LogP contribution in [-0.4, -0.2) is 24.3 Å². The summed E-state index contributed by atoms with van der Waals surface area (Å²) in [6.07, 6.45) is 10.5. The Morgan fingerprint density at radius 1 is 1.12 bits per heavy atom. The van der Waals surface area contributed by atoms with Crippen LogP contribution in [0.25, 0.3) is 0 Å². The van der Waals surface area contributed by atoms with Crippen molar-refractivity contribution in [2.75, 3.05) is 13.2 Å². The van der Waals surface area contributed by atoms with E-state index in [1.54, 1.807) is 6.08 Å². The van der Waals surface area contributed by atoms with E-state index in [9.17, 15) is 4.79 Å². The number of hydrogen-bond donors (Lipinski definition) is 1. The fourth-order valence-electron chi connectivity index (χ4n) is 1.36. The number of allylic oxidation sites excluding steroid dienone is 1. The molecule has 0 fully saturated rings. The van der Waals surface area contributed by atoms with E-state index >= 15 is 0 Å². The van der Waals surface area contributed by atoms with Gasteiger partial charge in [-0.15, -0.1) is 0 Å². The van der Waals surface area contributed by atoms with Crippen molar-refractivity contribution in [3.05, 3.63) is 12.2 Å². The van der Waals surface area contributed by atoms with Gasteiger partial charge in [-0.2, -0.15) is 0 Å². The minimum atomic E-state index is -0.234. The largest absolute Gasteiger partial charge is 0.463 e. The Morgan fingerprint density at radius 2 is 1.75 bits per heavy atom. The zero-order valence-corrected chi connectivity index (χ0v) is 10.3. The summed E-state index contributed by atoms with van der Waals surface area (Å²) in [7, 11) is 0. The second-order valence-electron chi connectivity index (χ2n) is 3.82. The third-order valence-electron chi connectivity index (χ3n) is 2.29. The van der Waals surface area contributed by atoms with Gasteiger partial charge in [0.2, 0.25) is 0 Å². The molecule has 94 valence electrons. The molecule has 3 heteroatoms. The number of rotatable bonds is 10. The summed E-state index contributed by atoms with van der Waals surface area (Å²) in [5.41, 5.74) is 0. The average molecular weight is 228 g/mol. The molecular formula is C13H24O3. The van der Waals surface area contributed by atoms with Crippen LogP contribution in [-0.2, 0) is 9.53 Å².